The van der Waals surface area contributed by atoms with E-state index in [9.17, 15) is 24.3 Å². The maximum absolute atomic E-state index is 13.0. The second-order valence-electron chi connectivity index (χ2n) is 10.7. The Labute approximate surface area is 252 Å². The number of hydrogen-bond donors (Lipinski definition) is 7. The minimum Gasteiger partial charge on any atom is -0.478 e. The highest BCUT2D eigenvalue weighted by molar-refractivity contribution is 6.36. The van der Waals surface area contributed by atoms with Crippen molar-refractivity contribution < 1.29 is 29.4 Å². The second-order valence-corrected chi connectivity index (χ2v) is 10.7. The van der Waals surface area contributed by atoms with E-state index in [-0.39, 0.29) is 33.8 Å². The SMILES string of the molecule is CC1(c2ccccc2)CC(c2c(C(N)=O)ccc(-c3cccc(NC(=O)C(=O)O)c3)c2C(=O)O)Nc2ccc(C(=N)N)cc21. The number of carboxylic acids is 2. The number of anilines is 2. The lowest BCUT2D eigenvalue weighted by Crippen LogP contribution is -2.36. The molecule has 2 amide bonds. The van der Waals surface area contributed by atoms with Gasteiger partial charge in [0.25, 0.3) is 0 Å². The fourth-order valence-corrected chi connectivity index (χ4v) is 5.92. The molecule has 0 saturated heterocycles. The lowest BCUT2D eigenvalue weighted by atomic mass is 9.67. The number of fused-ring (bicyclic) bond motifs is 1. The Morgan fingerprint density at radius 2 is 1.66 bits per heavy atom. The first-order chi connectivity index (χ1) is 20.9. The van der Waals surface area contributed by atoms with E-state index >= 15 is 0 Å². The topological polar surface area (TPSA) is 209 Å². The van der Waals surface area contributed by atoms with E-state index in [1.807, 2.05) is 43.3 Å². The average molecular weight is 592 g/mol. The lowest BCUT2D eigenvalue weighted by Gasteiger charge is -2.42. The molecule has 2 atom stereocenters. The maximum atomic E-state index is 13.0. The highest BCUT2D eigenvalue weighted by Crippen LogP contribution is 2.50. The summed E-state index contributed by atoms with van der Waals surface area (Å²) in [4.78, 5) is 48.6. The smallest absolute Gasteiger partial charge is 0.394 e. The van der Waals surface area contributed by atoms with Crippen LogP contribution in [0.15, 0.2) is 84.9 Å². The van der Waals surface area contributed by atoms with Gasteiger partial charge in [-0.15, -0.1) is 0 Å². The second kappa shape index (κ2) is 11.4. The third-order valence-corrected chi connectivity index (χ3v) is 7.98. The van der Waals surface area contributed by atoms with E-state index in [0.717, 1.165) is 11.1 Å². The number of carbonyl (C=O) groups excluding carboxylic acids is 2. The zero-order valence-corrected chi connectivity index (χ0v) is 23.5. The quantitative estimate of drug-likeness (QED) is 0.0932. The van der Waals surface area contributed by atoms with Crippen LogP contribution in [0.25, 0.3) is 11.1 Å². The van der Waals surface area contributed by atoms with Gasteiger partial charge in [0, 0.05) is 33.5 Å². The summed E-state index contributed by atoms with van der Waals surface area (Å²) in [5.74, 6) is -5.13. The van der Waals surface area contributed by atoms with Crippen LogP contribution in [0.2, 0.25) is 0 Å². The summed E-state index contributed by atoms with van der Waals surface area (Å²) in [6.07, 6.45) is 0.310. The minimum absolute atomic E-state index is 0.0261. The molecule has 11 heteroatoms. The summed E-state index contributed by atoms with van der Waals surface area (Å²) in [5.41, 5.74) is 14.7. The van der Waals surface area contributed by atoms with E-state index in [2.05, 4.69) is 10.6 Å². The van der Waals surface area contributed by atoms with Gasteiger partial charge in [-0.1, -0.05) is 55.5 Å². The molecule has 222 valence electrons. The Bertz CT molecular complexity index is 1860. The van der Waals surface area contributed by atoms with Gasteiger partial charge in [-0.25, -0.2) is 9.59 Å². The predicted molar refractivity (Wildman–Crippen MR) is 165 cm³/mol. The number of aliphatic carboxylic acids is 1. The molecule has 9 N–H and O–H groups in total. The number of rotatable bonds is 7. The van der Waals surface area contributed by atoms with Gasteiger partial charge in [0.05, 0.1) is 11.6 Å². The number of nitrogens with two attached hydrogens (primary N) is 2. The third-order valence-electron chi connectivity index (χ3n) is 7.98. The molecule has 11 nitrogen and oxygen atoms in total. The third kappa shape index (κ3) is 5.34. The van der Waals surface area contributed by atoms with Gasteiger partial charge in [0.15, 0.2) is 0 Å². The van der Waals surface area contributed by atoms with Crippen molar-refractivity contribution in [1.82, 2.24) is 0 Å². The molecule has 4 aromatic rings. The van der Waals surface area contributed by atoms with Crippen molar-refractivity contribution in [2.45, 2.75) is 24.8 Å². The molecule has 4 aromatic carbocycles. The molecule has 5 rings (SSSR count). The molecular weight excluding hydrogens is 562 g/mol. The number of hydrogen-bond acceptors (Lipinski definition) is 6. The standard InChI is InChI=1S/C33H29N5O6/c1-33(19-7-3-2-4-8-19)16-25(38-24-13-10-18(28(34)35)15-23(24)33)26-22(29(36)39)12-11-21(27(26)31(41)42)17-6-5-9-20(14-17)37-30(40)32(43)44/h2-15,25,38H,16H2,1H3,(H3,34,35)(H2,36,39)(H,37,40)(H,41,42)(H,43,44). The number of carbonyl (C=O) groups is 4. The largest absolute Gasteiger partial charge is 0.478 e. The normalized spacial score (nSPS) is 17.1. The van der Waals surface area contributed by atoms with E-state index < -0.39 is 35.2 Å². The maximum Gasteiger partial charge on any atom is 0.394 e. The van der Waals surface area contributed by atoms with Crippen molar-refractivity contribution in [3.05, 3.63) is 118 Å². The van der Waals surface area contributed by atoms with Gasteiger partial charge in [0.1, 0.15) is 5.84 Å². The van der Waals surface area contributed by atoms with Crippen molar-refractivity contribution in [2.24, 2.45) is 11.5 Å². The number of nitrogens with one attached hydrogen (secondary N) is 3. The van der Waals surface area contributed by atoms with Crippen molar-refractivity contribution in [3.8, 4) is 11.1 Å². The number of aromatic carboxylic acids is 1. The fourth-order valence-electron chi connectivity index (χ4n) is 5.92. The predicted octanol–water partition coefficient (Wildman–Crippen LogP) is 4.32. The highest BCUT2D eigenvalue weighted by Gasteiger charge is 2.41. The van der Waals surface area contributed by atoms with Crippen LogP contribution in [0.3, 0.4) is 0 Å². The van der Waals surface area contributed by atoms with Crippen LogP contribution in [0, 0.1) is 5.41 Å². The summed E-state index contributed by atoms with van der Waals surface area (Å²) in [5, 5.41) is 33.3. The molecule has 0 aromatic heterocycles. The Hall–Kier alpha value is -5.97. The average Bonchev–Trinajstić information content (AvgIpc) is 3.00. The summed E-state index contributed by atoms with van der Waals surface area (Å²) < 4.78 is 0. The van der Waals surface area contributed by atoms with Crippen molar-refractivity contribution in [1.29, 1.82) is 5.41 Å². The first kappa shape index (κ1) is 29.5. The van der Waals surface area contributed by atoms with Crippen LogP contribution < -0.4 is 22.1 Å². The summed E-state index contributed by atoms with van der Waals surface area (Å²) in [7, 11) is 0. The summed E-state index contributed by atoms with van der Waals surface area (Å²) in [6, 6.07) is 23.3. The van der Waals surface area contributed by atoms with Crippen LogP contribution in [0.1, 0.15) is 62.4 Å². The van der Waals surface area contributed by atoms with Gasteiger partial charge in [0.2, 0.25) is 5.91 Å². The molecule has 0 fully saturated rings. The minimum atomic E-state index is -1.67. The molecule has 1 heterocycles. The molecule has 0 bridgehead atoms. The van der Waals surface area contributed by atoms with Gasteiger partial charge in [-0.2, -0.15) is 0 Å². The van der Waals surface area contributed by atoms with E-state index in [4.69, 9.17) is 22.0 Å². The van der Waals surface area contributed by atoms with Gasteiger partial charge in [-0.05, 0) is 65.1 Å². The van der Waals surface area contributed by atoms with Crippen LogP contribution in [-0.2, 0) is 15.0 Å². The van der Waals surface area contributed by atoms with Gasteiger partial charge in [-0.3, -0.25) is 15.0 Å². The molecular formula is C33H29N5O6. The zero-order chi connectivity index (χ0) is 31.8. The molecule has 0 saturated carbocycles. The van der Waals surface area contributed by atoms with Crippen LogP contribution in [0.5, 0.6) is 0 Å². The Kier molecular flexibility index (Phi) is 7.63. The van der Waals surface area contributed by atoms with Gasteiger partial charge < -0.3 is 32.3 Å². The van der Waals surface area contributed by atoms with E-state index in [0.29, 0.717) is 23.2 Å². The Morgan fingerprint density at radius 1 is 0.932 bits per heavy atom. The molecule has 0 aliphatic carbocycles. The molecule has 2 unspecified atom stereocenters. The molecule has 0 spiro atoms. The highest BCUT2D eigenvalue weighted by atomic mass is 16.4. The molecule has 1 aliphatic heterocycles. The van der Waals surface area contributed by atoms with Gasteiger partial charge >= 0.3 is 17.8 Å². The molecule has 1 aliphatic rings. The van der Waals surface area contributed by atoms with Crippen LogP contribution in [0.4, 0.5) is 11.4 Å². The Morgan fingerprint density at radius 3 is 2.30 bits per heavy atom. The molecule has 0 radical (unpaired) electrons. The molecule has 44 heavy (non-hydrogen) atoms. The van der Waals surface area contributed by atoms with Crippen LogP contribution in [-0.4, -0.2) is 39.8 Å². The number of amidine groups is 1. The Balaban J connectivity index is 1.73. The first-order valence-corrected chi connectivity index (χ1v) is 13.6. The van der Waals surface area contributed by atoms with E-state index in [1.54, 1.807) is 24.3 Å². The number of nitrogen functional groups attached to an aromatic ring is 1. The lowest BCUT2D eigenvalue weighted by molar-refractivity contribution is -0.147. The first-order valence-electron chi connectivity index (χ1n) is 13.6. The zero-order valence-electron chi connectivity index (χ0n) is 23.5. The van der Waals surface area contributed by atoms with E-state index in [1.165, 1.54) is 24.3 Å². The monoisotopic (exact) mass is 591 g/mol. The summed E-state index contributed by atoms with van der Waals surface area (Å²) >= 11 is 0. The number of amides is 2. The number of primary amides is 1. The van der Waals surface area contributed by atoms with Crippen molar-refractivity contribution in [3.63, 3.8) is 0 Å². The number of benzene rings is 4. The fraction of sp³-hybridized carbons (Fsp3) is 0.121. The van der Waals surface area contributed by atoms with Crippen molar-refractivity contribution in [2.75, 3.05) is 10.6 Å². The van der Waals surface area contributed by atoms with Crippen molar-refractivity contribution >= 4 is 41.0 Å². The number of carboxylic acid groups (broad SMARTS) is 2. The summed E-state index contributed by atoms with van der Waals surface area (Å²) in [6.45, 7) is 2.02. The van der Waals surface area contributed by atoms with Crippen LogP contribution >= 0.6 is 0 Å².